The zero-order valence-electron chi connectivity index (χ0n) is 7.60. The van der Waals surface area contributed by atoms with Crippen LogP contribution in [-0.4, -0.2) is 17.9 Å². The highest BCUT2D eigenvalue weighted by Crippen LogP contribution is 2.05. The van der Waals surface area contributed by atoms with Crippen molar-refractivity contribution < 1.29 is 9.53 Å². The molecule has 0 aromatic rings. The minimum absolute atomic E-state index is 0.232. The molecule has 0 aliphatic rings. The van der Waals surface area contributed by atoms with Gasteiger partial charge in [0, 0.05) is 11.4 Å². The van der Waals surface area contributed by atoms with E-state index in [4.69, 9.17) is 4.74 Å². The Kier molecular flexibility index (Phi) is 7.16. The lowest BCUT2D eigenvalue weighted by molar-refractivity contribution is -0.137. The van der Waals surface area contributed by atoms with Gasteiger partial charge in [0.25, 0.3) is 0 Å². The average molecular weight is 235 g/mol. The van der Waals surface area contributed by atoms with E-state index in [0.29, 0.717) is 6.61 Å². The van der Waals surface area contributed by atoms with Gasteiger partial charge in [-0.2, -0.15) is 0 Å². The van der Waals surface area contributed by atoms with E-state index in [0.717, 1.165) is 23.7 Å². The molecule has 0 fully saturated rings. The van der Waals surface area contributed by atoms with Crippen molar-refractivity contribution in [1.82, 2.24) is 0 Å². The fourth-order valence-electron chi connectivity index (χ4n) is 0.803. The molecule has 0 atom stereocenters. The van der Waals surface area contributed by atoms with Gasteiger partial charge in [0.15, 0.2) is 0 Å². The van der Waals surface area contributed by atoms with Crippen molar-refractivity contribution in [2.45, 2.75) is 26.7 Å². The van der Waals surface area contributed by atoms with Crippen LogP contribution < -0.4 is 0 Å². The molecule has 0 radical (unpaired) electrons. The normalized spacial score (nSPS) is 11.4. The number of hydrogen-bond acceptors (Lipinski definition) is 2. The lowest BCUT2D eigenvalue weighted by Crippen LogP contribution is -2.00. The molecule has 0 amide bonds. The van der Waals surface area contributed by atoms with Gasteiger partial charge in [-0.3, -0.25) is 0 Å². The first kappa shape index (κ1) is 11.7. The summed E-state index contributed by atoms with van der Waals surface area (Å²) in [5.41, 5.74) is 1.08. The summed E-state index contributed by atoms with van der Waals surface area (Å²) < 4.78 is 4.77. The van der Waals surface area contributed by atoms with Crippen LogP contribution in [0.3, 0.4) is 0 Å². The number of carbonyl (C=O) groups is 1. The third kappa shape index (κ3) is 6.40. The Balaban J connectivity index is 3.72. The summed E-state index contributed by atoms with van der Waals surface area (Å²) in [4.78, 5) is 10.9. The Hall–Kier alpha value is -0.310. The summed E-state index contributed by atoms with van der Waals surface area (Å²) in [6, 6.07) is 0. The zero-order chi connectivity index (χ0) is 9.40. The van der Waals surface area contributed by atoms with Crippen LogP contribution in [0.25, 0.3) is 0 Å². The average Bonchev–Trinajstić information content (AvgIpc) is 2.01. The van der Waals surface area contributed by atoms with E-state index in [1.165, 1.54) is 0 Å². The molecular formula is C9H15BrO2. The van der Waals surface area contributed by atoms with Crippen LogP contribution in [0, 0.1) is 0 Å². The maximum atomic E-state index is 10.9. The summed E-state index contributed by atoms with van der Waals surface area (Å²) in [6.07, 6.45) is 3.57. The topological polar surface area (TPSA) is 26.3 Å². The SMILES string of the molecule is CCOC(=O)/C=C(/C)CCCBr. The molecule has 3 heteroatoms. The van der Waals surface area contributed by atoms with Crippen molar-refractivity contribution in [3.63, 3.8) is 0 Å². The Morgan fingerprint density at radius 3 is 2.75 bits per heavy atom. The Bertz CT molecular complexity index is 164. The molecule has 0 aliphatic heterocycles. The Labute approximate surface area is 82.1 Å². The maximum Gasteiger partial charge on any atom is 0.330 e. The van der Waals surface area contributed by atoms with E-state index in [9.17, 15) is 4.79 Å². The number of ether oxygens (including phenoxy) is 1. The summed E-state index contributed by atoms with van der Waals surface area (Å²) >= 11 is 3.33. The highest BCUT2D eigenvalue weighted by Gasteiger charge is 1.97. The lowest BCUT2D eigenvalue weighted by atomic mass is 10.2. The Morgan fingerprint density at radius 1 is 1.58 bits per heavy atom. The van der Waals surface area contributed by atoms with Crippen LogP contribution in [0.2, 0.25) is 0 Å². The fraction of sp³-hybridized carbons (Fsp3) is 0.667. The van der Waals surface area contributed by atoms with Gasteiger partial charge in [-0.1, -0.05) is 21.5 Å². The minimum atomic E-state index is -0.232. The smallest absolute Gasteiger partial charge is 0.330 e. The highest BCUT2D eigenvalue weighted by atomic mass is 79.9. The maximum absolute atomic E-state index is 10.9. The van der Waals surface area contributed by atoms with Gasteiger partial charge in [0.05, 0.1) is 6.61 Å². The predicted octanol–water partition coefficient (Wildman–Crippen LogP) is 2.67. The fourth-order valence-corrected chi connectivity index (χ4v) is 1.08. The molecule has 0 unspecified atom stereocenters. The Morgan fingerprint density at radius 2 is 2.25 bits per heavy atom. The molecule has 0 saturated heterocycles. The van der Waals surface area contributed by atoms with Crippen molar-refractivity contribution in [3.05, 3.63) is 11.6 Å². The van der Waals surface area contributed by atoms with Crippen LogP contribution >= 0.6 is 15.9 Å². The zero-order valence-corrected chi connectivity index (χ0v) is 9.19. The lowest BCUT2D eigenvalue weighted by Gasteiger charge is -1.99. The second kappa shape index (κ2) is 7.35. The number of hydrogen-bond donors (Lipinski definition) is 0. The molecule has 0 heterocycles. The van der Waals surface area contributed by atoms with E-state index in [1.54, 1.807) is 13.0 Å². The first-order valence-corrected chi connectivity index (χ1v) is 5.22. The number of carbonyl (C=O) groups excluding carboxylic acids is 1. The second-order valence-electron chi connectivity index (χ2n) is 2.54. The molecule has 0 N–H and O–H groups in total. The second-order valence-corrected chi connectivity index (χ2v) is 3.33. The van der Waals surface area contributed by atoms with Gasteiger partial charge in [0.1, 0.15) is 0 Å². The number of esters is 1. The highest BCUT2D eigenvalue weighted by molar-refractivity contribution is 9.09. The van der Waals surface area contributed by atoms with Crippen molar-refractivity contribution >= 4 is 21.9 Å². The predicted molar refractivity (Wildman–Crippen MR) is 53.4 cm³/mol. The van der Waals surface area contributed by atoms with Crippen LogP contribution in [0.15, 0.2) is 11.6 Å². The van der Waals surface area contributed by atoms with E-state index in [-0.39, 0.29) is 5.97 Å². The van der Waals surface area contributed by atoms with Crippen LogP contribution in [0.1, 0.15) is 26.7 Å². The molecule has 70 valence electrons. The molecule has 2 nitrogen and oxygen atoms in total. The van der Waals surface area contributed by atoms with Crippen LogP contribution in [-0.2, 0) is 9.53 Å². The molecule has 0 aromatic heterocycles. The van der Waals surface area contributed by atoms with Gasteiger partial charge in [-0.05, 0) is 26.7 Å². The number of rotatable bonds is 5. The van der Waals surface area contributed by atoms with Gasteiger partial charge in [-0.25, -0.2) is 4.79 Å². The van der Waals surface area contributed by atoms with E-state index >= 15 is 0 Å². The first-order chi connectivity index (χ1) is 5.70. The monoisotopic (exact) mass is 234 g/mol. The number of halogens is 1. The van der Waals surface area contributed by atoms with Crippen molar-refractivity contribution in [2.24, 2.45) is 0 Å². The molecule has 0 aliphatic carbocycles. The largest absolute Gasteiger partial charge is 0.463 e. The van der Waals surface area contributed by atoms with Crippen LogP contribution in [0.4, 0.5) is 0 Å². The third-order valence-corrected chi connectivity index (χ3v) is 1.92. The summed E-state index contributed by atoms with van der Waals surface area (Å²) in [6.45, 7) is 4.19. The number of alkyl halides is 1. The third-order valence-electron chi connectivity index (χ3n) is 1.36. The molecular weight excluding hydrogens is 220 g/mol. The van der Waals surface area contributed by atoms with Gasteiger partial charge in [-0.15, -0.1) is 0 Å². The summed E-state index contributed by atoms with van der Waals surface area (Å²) in [5.74, 6) is -0.232. The summed E-state index contributed by atoms with van der Waals surface area (Å²) in [7, 11) is 0. The van der Waals surface area contributed by atoms with E-state index in [1.807, 2.05) is 6.92 Å². The first-order valence-electron chi connectivity index (χ1n) is 4.10. The minimum Gasteiger partial charge on any atom is -0.463 e. The van der Waals surface area contributed by atoms with Gasteiger partial charge >= 0.3 is 5.97 Å². The standard InChI is InChI=1S/C9H15BrO2/c1-3-12-9(11)7-8(2)5-4-6-10/h7H,3-6H2,1-2H3/b8-7-. The summed E-state index contributed by atoms with van der Waals surface area (Å²) in [5, 5.41) is 0.973. The van der Waals surface area contributed by atoms with Gasteiger partial charge < -0.3 is 4.74 Å². The molecule has 0 bridgehead atoms. The number of allylic oxidation sites excluding steroid dienone is 1. The molecule has 0 rings (SSSR count). The van der Waals surface area contributed by atoms with E-state index < -0.39 is 0 Å². The van der Waals surface area contributed by atoms with Crippen molar-refractivity contribution in [1.29, 1.82) is 0 Å². The molecule has 0 spiro atoms. The van der Waals surface area contributed by atoms with Crippen molar-refractivity contribution in [2.75, 3.05) is 11.9 Å². The van der Waals surface area contributed by atoms with E-state index in [2.05, 4.69) is 15.9 Å². The molecule has 0 saturated carbocycles. The quantitative estimate of drug-likeness (QED) is 0.416. The van der Waals surface area contributed by atoms with Crippen LogP contribution in [0.5, 0.6) is 0 Å². The van der Waals surface area contributed by atoms with Gasteiger partial charge in [0.2, 0.25) is 0 Å². The van der Waals surface area contributed by atoms with Crippen molar-refractivity contribution in [3.8, 4) is 0 Å². The molecule has 0 aromatic carbocycles. The molecule has 12 heavy (non-hydrogen) atoms.